The highest BCUT2D eigenvalue weighted by molar-refractivity contribution is 5.99. The molecule has 0 aliphatic carbocycles. The Morgan fingerprint density at radius 1 is 0.800 bits per heavy atom. The van der Waals surface area contributed by atoms with Crippen LogP contribution in [0, 0.1) is 13.8 Å². The third-order valence-electron chi connectivity index (χ3n) is 7.66. The minimum absolute atomic E-state index is 0.256. The second-order valence-electron chi connectivity index (χ2n) is 12.8. The molecule has 7 nitrogen and oxygen atoms in total. The molecule has 7 heteroatoms. The van der Waals surface area contributed by atoms with E-state index in [9.17, 15) is 14.4 Å². The number of alkyl carbamates (subject to hydrolysis) is 1. The van der Waals surface area contributed by atoms with E-state index < -0.39 is 23.8 Å². The molecule has 2 unspecified atom stereocenters. The lowest BCUT2D eigenvalue weighted by Crippen LogP contribution is -2.53. The van der Waals surface area contributed by atoms with Crippen molar-refractivity contribution in [1.29, 1.82) is 0 Å². The number of hydrogen-bond acceptors (Lipinski definition) is 4. The van der Waals surface area contributed by atoms with E-state index in [1.165, 1.54) is 6.42 Å². The average Bonchev–Trinajstić information content (AvgIpc) is 2.99. The Morgan fingerprint density at radius 2 is 1.42 bits per heavy atom. The number of carbonyl (C=O) groups is 3. The average molecular weight is 614 g/mol. The number of carbonyl (C=O) groups excluding carboxylic acids is 3. The van der Waals surface area contributed by atoms with Crippen molar-refractivity contribution < 1.29 is 19.1 Å². The maximum absolute atomic E-state index is 14.7. The Bertz CT molecular complexity index is 1370. The number of rotatable bonds is 15. The molecular weight excluding hydrogens is 562 g/mol. The van der Waals surface area contributed by atoms with Crippen molar-refractivity contribution in [1.82, 2.24) is 10.2 Å². The smallest absolute Gasteiger partial charge is 0.408 e. The third-order valence-corrected chi connectivity index (χ3v) is 7.66. The van der Waals surface area contributed by atoms with Gasteiger partial charge in [-0.3, -0.25) is 9.59 Å². The third kappa shape index (κ3) is 11.7. The minimum Gasteiger partial charge on any atom is -0.444 e. The fraction of sp³-hybridized carbons (Fsp3) is 0.447. The van der Waals surface area contributed by atoms with E-state index in [1.54, 1.807) is 25.7 Å². The van der Waals surface area contributed by atoms with Crippen LogP contribution in [0.5, 0.6) is 0 Å². The van der Waals surface area contributed by atoms with Crippen LogP contribution in [0.2, 0.25) is 0 Å². The first-order chi connectivity index (χ1) is 21.5. The summed E-state index contributed by atoms with van der Waals surface area (Å²) in [6.45, 7) is 11.8. The zero-order valence-corrected chi connectivity index (χ0v) is 27.9. The van der Waals surface area contributed by atoms with Crippen LogP contribution in [0.4, 0.5) is 10.5 Å². The predicted molar refractivity (Wildman–Crippen MR) is 182 cm³/mol. The van der Waals surface area contributed by atoms with Crippen molar-refractivity contribution >= 4 is 23.6 Å². The SMILES string of the molecule is CCCCCCCCN(C(=O)C(Cc1ccccc1)NC(=O)OC(C)(C)C)C(C(=O)Nc1ccccc1C)c1ccc(C)cc1. The number of amides is 3. The van der Waals surface area contributed by atoms with Crippen LogP contribution in [0.3, 0.4) is 0 Å². The van der Waals surface area contributed by atoms with Gasteiger partial charge in [0.2, 0.25) is 5.91 Å². The lowest BCUT2D eigenvalue weighted by atomic mass is 9.98. The van der Waals surface area contributed by atoms with Crippen molar-refractivity contribution in [3.8, 4) is 0 Å². The Morgan fingerprint density at radius 3 is 2.07 bits per heavy atom. The van der Waals surface area contributed by atoms with E-state index in [4.69, 9.17) is 4.74 Å². The highest BCUT2D eigenvalue weighted by atomic mass is 16.6. The number of para-hydroxylation sites is 1. The lowest BCUT2D eigenvalue weighted by molar-refractivity contribution is -0.140. The molecule has 242 valence electrons. The van der Waals surface area contributed by atoms with E-state index in [-0.39, 0.29) is 18.2 Å². The Labute approximate surface area is 269 Å². The molecule has 0 aromatic heterocycles. The molecular formula is C38H51N3O4. The van der Waals surface area contributed by atoms with E-state index in [0.717, 1.165) is 48.8 Å². The molecule has 0 radical (unpaired) electrons. The van der Waals surface area contributed by atoms with Crippen LogP contribution in [-0.2, 0) is 20.7 Å². The standard InChI is InChI=1S/C38H51N3O4/c1-7-8-9-10-11-17-26-41(36(43)33(27-30-19-13-12-14-20-30)40-37(44)45-38(4,5)6)34(31-24-22-28(2)23-25-31)35(42)39-32-21-16-15-18-29(32)3/h12-16,18-25,33-34H,7-11,17,26-27H2,1-6H3,(H,39,42)(H,40,44). The summed E-state index contributed by atoms with van der Waals surface area (Å²) >= 11 is 0. The zero-order valence-electron chi connectivity index (χ0n) is 27.9. The van der Waals surface area contributed by atoms with Crippen LogP contribution in [0.1, 0.15) is 94.5 Å². The number of unbranched alkanes of at least 4 members (excludes halogenated alkanes) is 5. The van der Waals surface area contributed by atoms with E-state index in [2.05, 4.69) is 17.6 Å². The summed E-state index contributed by atoms with van der Waals surface area (Å²) in [6, 6.07) is 23.1. The van der Waals surface area contributed by atoms with Gasteiger partial charge in [0.15, 0.2) is 0 Å². The molecule has 0 fully saturated rings. The molecule has 3 rings (SSSR count). The van der Waals surface area contributed by atoms with Crippen molar-refractivity contribution in [2.45, 2.75) is 104 Å². The maximum Gasteiger partial charge on any atom is 0.408 e. The molecule has 0 spiro atoms. The number of hydrogen-bond donors (Lipinski definition) is 2. The van der Waals surface area contributed by atoms with Gasteiger partial charge in [0.05, 0.1) is 0 Å². The monoisotopic (exact) mass is 613 g/mol. The largest absolute Gasteiger partial charge is 0.444 e. The number of anilines is 1. The summed E-state index contributed by atoms with van der Waals surface area (Å²) in [4.78, 5) is 43.6. The highest BCUT2D eigenvalue weighted by Gasteiger charge is 2.36. The minimum atomic E-state index is -0.943. The normalized spacial score (nSPS) is 12.6. The summed E-state index contributed by atoms with van der Waals surface area (Å²) in [7, 11) is 0. The molecule has 3 amide bonds. The van der Waals surface area contributed by atoms with Gasteiger partial charge in [-0.1, -0.05) is 117 Å². The summed E-state index contributed by atoms with van der Waals surface area (Å²) < 4.78 is 5.57. The Hall–Kier alpha value is -4.13. The van der Waals surface area contributed by atoms with E-state index in [1.807, 2.05) is 92.7 Å². The molecule has 2 atom stereocenters. The molecule has 0 bridgehead atoms. The van der Waals surface area contributed by atoms with Crippen molar-refractivity contribution in [2.75, 3.05) is 11.9 Å². The topological polar surface area (TPSA) is 87.7 Å². The molecule has 3 aromatic rings. The van der Waals surface area contributed by atoms with Crippen molar-refractivity contribution in [2.24, 2.45) is 0 Å². The Balaban J connectivity index is 2.04. The van der Waals surface area contributed by atoms with Gasteiger partial charge in [0.25, 0.3) is 5.91 Å². The van der Waals surface area contributed by atoms with Crippen LogP contribution in [0.15, 0.2) is 78.9 Å². The van der Waals surface area contributed by atoms with E-state index >= 15 is 0 Å². The van der Waals surface area contributed by atoms with Gasteiger partial charge in [-0.25, -0.2) is 4.79 Å². The quantitative estimate of drug-likeness (QED) is 0.169. The van der Waals surface area contributed by atoms with Gasteiger partial charge in [0, 0.05) is 18.7 Å². The van der Waals surface area contributed by atoms with Gasteiger partial charge in [-0.05, 0) is 63.8 Å². The first kappa shape index (κ1) is 35.4. The van der Waals surface area contributed by atoms with Gasteiger partial charge >= 0.3 is 6.09 Å². The molecule has 0 saturated heterocycles. The van der Waals surface area contributed by atoms with Crippen LogP contribution in [0.25, 0.3) is 0 Å². The summed E-state index contributed by atoms with van der Waals surface area (Å²) in [5, 5.41) is 5.94. The number of nitrogens with zero attached hydrogens (tertiary/aromatic N) is 1. The Kier molecular flexibility index (Phi) is 13.7. The van der Waals surface area contributed by atoms with Gasteiger partial charge < -0.3 is 20.3 Å². The number of nitrogens with one attached hydrogen (secondary N) is 2. The number of ether oxygens (including phenoxy) is 1. The van der Waals surface area contributed by atoms with Gasteiger partial charge in [-0.15, -0.1) is 0 Å². The van der Waals surface area contributed by atoms with Crippen molar-refractivity contribution in [3.63, 3.8) is 0 Å². The van der Waals surface area contributed by atoms with Gasteiger partial charge in [0.1, 0.15) is 17.7 Å². The van der Waals surface area contributed by atoms with Crippen LogP contribution >= 0.6 is 0 Å². The highest BCUT2D eigenvalue weighted by Crippen LogP contribution is 2.27. The molecule has 0 aliphatic heterocycles. The molecule has 45 heavy (non-hydrogen) atoms. The molecule has 2 N–H and O–H groups in total. The summed E-state index contributed by atoms with van der Waals surface area (Å²) in [5.41, 5.74) is 3.54. The maximum atomic E-state index is 14.7. The molecule has 0 heterocycles. The summed E-state index contributed by atoms with van der Waals surface area (Å²) in [5.74, 6) is -0.632. The van der Waals surface area contributed by atoms with Crippen LogP contribution < -0.4 is 10.6 Å². The van der Waals surface area contributed by atoms with Gasteiger partial charge in [-0.2, -0.15) is 0 Å². The molecule has 0 saturated carbocycles. The lowest BCUT2D eigenvalue weighted by Gasteiger charge is -2.35. The summed E-state index contributed by atoms with van der Waals surface area (Å²) in [6.07, 6.45) is 5.77. The van der Waals surface area contributed by atoms with E-state index in [0.29, 0.717) is 17.8 Å². The van der Waals surface area contributed by atoms with Crippen LogP contribution in [-0.4, -0.2) is 41.0 Å². The molecule has 3 aromatic carbocycles. The second kappa shape index (κ2) is 17.4. The second-order valence-corrected chi connectivity index (χ2v) is 12.8. The molecule has 0 aliphatic rings. The van der Waals surface area contributed by atoms with Crippen molar-refractivity contribution in [3.05, 3.63) is 101 Å². The zero-order chi connectivity index (χ0) is 32.8. The predicted octanol–water partition coefficient (Wildman–Crippen LogP) is 8.31. The number of benzene rings is 3. The fourth-order valence-electron chi connectivity index (χ4n) is 5.26. The first-order valence-electron chi connectivity index (χ1n) is 16.3. The first-order valence-corrected chi connectivity index (χ1v) is 16.3. The number of aryl methyl sites for hydroxylation is 2. The fourth-order valence-corrected chi connectivity index (χ4v) is 5.26.